The first-order valence-electron chi connectivity index (χ1n) is 13.4. The molecule has 1 aliphatic rings. The third kappa shape index (κ3) is 6.32. The Morgan fingerprint density at radius 1 is 1.15 bits per heavy atom. The molecular weight excluding hydrogens is 526 g/mol. The van der Waals surface area contributed by atoms with Gasteiger partial charge in [0.1, 0.15) is 11.9 Å². The first-order chi connectivity index (χ1) is 19.0. The molecule has 4 rings (SSSR count). The van der Waals surface area contributed by atoms with Gasteiger partial charge in [-0.3, -0.25) is 9.78 Å². The van der Waals surface area contributed by atoms with Crippen molar-refractivity contribution < 1.29 is 32.2 Å². The Morgan fingerprint density at radius 3 is 2.42 bits per heavy atom. The van der Waals surface area contributed by atoms with E-state index < -0.39 is 35.0 Å². The second-order valence-electron chi connectivity index (χ2n) is 10.7. The number of hydrogen-bond donors (Lipinski definition) is 1. The molecule has 1 N–H and O–H groups in total. The first-order valence-corrected chi connectivity index (χ1v) is 13.4. The van der Waals surface area contributed by atoms with Gasteiger partial charge in [-0.2, -0.15) is 0 Å². The summed E-state index contributed by atoms with van der Waals surface area (Å²) in [6, 6.07) is 7.31. The third-order valence-electron chi connectivity index (χ3n) is 8.02. The summed E-state index contributed by atoms with van der Waals surface area (Å²) in [4.78, 5) is 20.8. The zero-order chi connectivity index (χ0) is 29.0. The number of benzene rings is 2. The second-order valence-corrected chi connectivity index (χ2v) is 10.7. The molecule has 3 aromatic rings. The van der Waals surface area contributed by atoms with Crippen LogP contribution in [-0.2, 0) is 11.2 Å². The number of carboxylic acid groups (broad SMARTS) is 1. The standard InChI is InChI=1S/C30H35F4N3O3/c1-36(2)26-18-35-25-7-6-20(40-3)17-21(25)27(26)22(31)8-9-30(29(38)39)10-13-37(14-11-30)12-4-5-19-15-23(32)28(34)24(33)16-19/h6-7,15-18,22H,4-5,8-14H2,1-3H3,(H,38,39)/t22-/m0/s1. The predicted octanol–water partition coefficient (Wildman–Crippen LogP) is 6.32. The van der Waals surface area contributed by atoms with Crippen LogP contribution >= 0.6 is 0 Å². The van der Waals surface area contributed by atoms with Crippen molar-refractivity contribution in [2.45, 2.75) is 44.7 Å². The van der Waals surface area contributed by atoms with Gasteiger partial charge in [0.05, 0.1) is 29.9 Å². The Labute approximate surface area is 231 Å². The number of fused-ring (bicyclic) bond motifs is 1. The molecule has 1 aliphatic heterocycles. The fourth-order valence-corrected chi connectivity index (χ4v) is 5.58. The zero-order valence-corrected chi connectivity index (χ0v) is 23.0. The van der Waals surface area contributed by atoms with E-state index in [9.17, 15) is 23.1 Å². The molecule has 1 aromatic heterocycles. The van der Waals surface area contributed by atoms with Crippen LogP contribution in [0.3, 0.4) is 0 Å². The van der Waals surface area contributed by atoms with Crippen molar-refractivity contribution in [3.8, 4) is 5.75 Å². The quantitative estimate of drug-likeness (QED) is 0.218. The highest BCUT2D eigenvalue weighted by molar-refractivity contribution is 5.88. The second kappa shape index (κ2) is 12.4. The molecule has 0 aliphatic carbocycles. The van der Waals surface area contributed by atoms with Crippen molar-refractivity contribution in [1.82, 2.24) is 9.88 Å². The number of piperidine rings is 1. The van der Waals surface area contributed by atoms with Crippen molar-refractivity contribution in [1.29, 1.82) is 0 Å². The monoisotopic (exact) mass is 561 g/mol. The Hall–Kier alpha value is -3.40. The fourth-order valence-electron chi connectivity index (χ4n) is 5.58. The number of aromatic nitrogens is 1. The smallest absolute Gasteiger partial charge is 0.309 e. The highest BCUT2D eigenvalue weighted by Gasteiger charge is 2.42. The molecule has 1 saturated heterocycles. The summed E-state index contributed by atoms with van der Waals surface area (Å²) in [6.07, 6.45) is 2.18. The van der Waals surface area contributed by atoms with E-state index in [1.54, 1.807) is 36.4 Å². The van der Waals surface area contributed by atoms with Gasteiger partial charge in [-0.25, -0.2) is 17.6 Å². The Balaban J connectivity index is 1.40. The van der Waals surface area contributed by atoms with Crippen LogP contribution in [0.2, 0.25) is 0 Å². The van der Waals surface area contributed by atoms with E-state index in [1.165, 1.54) is 0 Å². The van der Waals surface area contributed by atoms with Crippen LogP contribution in [0.1, 0.15) is 49.4 Å². The topological polar surface area (TPSA) is 65.9 Å². The molecule has 0 amide bonds. The molecule has 0 radical (unpaired) electrons. The average Bonchev–Trinajstić information content (AvgIpc) is 2.94. The van der Waals surface area contributed by atoms with Gasteiger partial charge in [-0.05, 0) is 94.1 Å². The Bertz CT molecular complexity index is 1340. The lowest BCUT2D eigenvalue weighted by atomic mass is 9.74. The number of ether oxygens (including phenoxy) is 1. The normalized spacial score (nSPS) is 16.2. The number of alkyl halides is 1. The van der Waals surface area contributed by atoms with Gasteiger partial charge in [-0.1, -0.05) is 0 Å². The molecule has 2 aromatic carbocycles. The summed E-state index contributed by atoms with van der Waals surface area (Å²) in [5.74, 6) is -4.23. The van der Waals surface area contributed by atoms with Crippen LogP contribution < -0.4 is 9.64 Å². The summed E-state index contributed by atoms with van der Waals surface area (Å²) in [5, 5.41) is 10.8. The lowest BCUT2D eigenvalue weighted by Gasteiger charge is -2.39. The third-order valence-corrected chi connectivity index (χ3v) is 8.02. The van der Waals surface area contributed by atoms with Gasteiger partial charge in [0.15, 0.2) is 17.5 Å². The van der Waals surface area contributed by atoms with Crippen LogP contribution in [-0.4, -0.2) is 61.8 Å². The number of hydrogen-bond acceptors (Lipinski definition) is 5. The number of nitrogens with zero attached hydrogens (tertiary/aromatic N) is 3. The molecule has 0 saturated carbocycles. The van der Waals surface area contributed by atoms with Gasteiger partial charge >= 0.3 is 5.97 Å². The summed E-state index contributed by atoms with van der Waals surface area (Å²) < 4.78 is 61.5. The molecular formula is C30H35F4N3O3. The van der Waals surface area contributed by atoms with Gasteiger partial charge in [0, 0.05) is 25.0 Å². The average molecular weight is 562 g/mol. The largest absolute Gasteiger partial charge is 0.497 e. The van der Waals surface area contributed by atoms with E-state index in [4.69, 9.17) is 4.74 Å². The van der Waals surface area contributed by atoms with Gasteiger partial charge in [0.2, 0.25) is 0 Å². The highest BCUT2D eigenvalue weighted by Crippen LogP contribution is 2.43. The Morgan fingerprint density at radius 2 is 1.82 bits per heavy atom. The molecule has 6 nitrogen and oxygen atoms in total. The van der Waals surface area contributed by atoms with Crippen molar-refractivity contribution in [2.24, 2.45) is 5.41 Å². The maximum Gasteiger partial charge on any atom is 0.309 e. The number of anilines is 1. The summed E-state index contributed by atoms with van der Waals surface area (Å²) >= 11 is 0. The molecule has 40 heavy (non-hydrogen) atoms. The summed E-state index contributed by atoms with van der Waals surface area (Å²) in [6.45, 7) is 1.65. The number of carboxylic acids is 1. The number of methoxy groups -OCH3 is 1. The fraction of sp³-hybridized carbons (Fsp3) is 0.467. The van der Waals surface area contributed by atoms with E-state index in [2.05, 4.69) is 9.88 Å². The van der Waals surface area contributed by atoms with E-state index in [0.29, 0.717) is 78.8 Å². The summed E-state index contributed by atoms with van der Waals surface area (Å²) in [5.41, 5.74) is 1.08. The minimum atomic E-state index is -1.48. The molecule has 10 heteroatoms. The summed E-state index contributed by atoms with van der Waals surface area (Å²) in [7, 11) is 5.18. The number of aliphatic carboxylic acids is 1. The number of rotatable bonds is 11. The van der Waals surface area contributed by atoms with E-state index in [0.717, 1.165) is 12.1 Å². The lowest BCUT2D eigenvalue weighted by molar-refractivity contribution is -0.153. The maximum absolute atomic E-state index is 16.0. The van der Waals surface area contributed by atoms with Crippen LogP contribution in [0, 0.1) is 22.9 Å². The number of pyridine rings is 1. The molecule has 216 valence electrons. The molecule has 1 atom stereocenters. The molecule has 0 spiro atoms. The van der Waals surface area contributed by atoms with Crippen molar-refractivity contribution >= 4 is 22.6 Å². The highest BCUT2D eigenvalue weighted by atomic mass is 19.2. The van der Waals surface area contributed by atoms with Gasteiger partial charge in [0.25, 0.3) is 0 Å². The van der Waals surface area contributed by atoms with E-state index in [1.807, 2.05) is 14.1 Å². The van der Waals surface area contributed by atoms with Gasteiger partial charge < -0.3 is 19.6 Å². The van der Waals surface area contributed by atoms with E-state index in [-0.39, 0.29) is 12.8 Å². The predicted molar refractivity (Wildman–Crippen MR) is 146 cm³/mol. The van der Waals surface area contributed by atoms with Crippen molar-refractivity contribution in [2.75, 3.05) is 45.7 Å². The minimum Gasteiger partial charge on any atom is -0.497 e. The number of aryl methyl sites for hydroxylation is 1. The minimum absolute atomic E-state index is 0.0468. The van der Waals surface area contributed by atoms with Crippen molar-refractivity contribution in [3.63, 3.8) is 0 Å². The number of likely N-dealkylation sites (tertiary alicyclic amines) is 1. The van der Waals surface area contributed by atoms with Crippen LogP contribution in [0.15, 0.2) is 36.5 Å². The molecule has 1 fully saturated rings. The van der Waals surface area contributed by atoms with Gasteiger partial charge in [-0.15, -0.1) is 0 Å². The Kier molecular flexibility index (Phi) is 9.18. The molecule has 0 unspecified atom stereocenters. The first kappa shape index (κ1) is 29.6. The SMILES string of the molecule is COc1ccc2ncc(N(C)C)c([C@@H](F)CCC3(C(=O)O)CCN(CCCc4cc(F)c(F)c(F)c4)CC3)c2c1. The van der Waals surface area contributed by atoms with Crippen molar-refractivity contribution in [3.05, 3.63) is 65.1 Å². The number of carbonyl (C=O) groups is 1. The maximum atomic E-state index is 16.0. The molecule has 0 bridgehead atoms. The number of halogens is 4. The van der Waals surface area contributed by atoms with Crippen LogP contribution in [0.5, 0.6) is 5.75 Å². The zero-order valence-electron chi connectivity index (χ0n) is 23.0. The molecule has 2 heterocycles. The lowest BCUT2D eigenvalue weighted by Crippen LogP contribution is -2.44. The van der Waals surface area contributed by atoms with Crippen LogP contribution in [0.25, 0.3) is 10.9 Å². The van der Waals surface area contributed by atoms with Crippen LogP contribution in [0.4, 0.5) is 23.2 Å². The van der Waals surface area contributed by atoms with E-state index >= 15 is 4.39 Å².